The van der Waals surface area contributed by atoms with Crippen molar-refractivity contribution in [2.45, 2.75) is 13.5 Å². The lowest BCUT2D eigenvalue weighted by molar-refractivity contribution is 0.414. The lowest BCUT2D eigenvalue weighted by Gasteiger charge is -2.09. The summed E-state index contributed by atoms with van der Waals surface area (Å²) < 4.78 is 6.98. The van der Waals surface area contributed by atoms with E-state index in [0.29, 0.717) is 23.1 Å². The molecule has 5 rings (SSSR count). The molecule has 2 aromatic carbocycles. The van der Waals surface area contributed by atoms with Crippen molar-refractivity contribution >= 4 is 27.5 Å². The fourth-order valence-electron chi connectivity index (χ4n) is 3.92. The highest BCUT2D eigenvalue weighted by atomic mass is 16.5. The van der Waals surface area contributed by atoms with Gasteiger partial charge in [-0.15, -0.1) is 0 Å². The number of aryl methyl sites for hydroxylation is 1. The highest BCUT2D eigenvalue weighted by Crippen LogP contribution is 2.39. The van der Waals surface area contributed by atoms with Crippen molar-refractivity contribution < 1.29 is 9.84 Å². The Labute approximate surface area is 179 Å². The fraction of sp³-hybridized carbons (Fsp3) is 0.120. The number of ether oxygens (including phenoxy) is 1. The summed E-state index contributed by atoms with van der Waals surface area (Å²) in [4.78, 5) is 9.29. The Hall–Kier alpha value is -4.06. The monoisotopic (exact) mass is 410 g/mol. The molecule has 154 valence electrons. The van der Waals surface area contributed by atoms with Gasteiger partial charge in [0, 0.05) is 34.6 Å². The number of para-hydroxylation sites is 1. The molecule has 0 saturated heterocycles. The van der Waals surface area contributed by atoms with Crippen LogP contribution < -0.4 is 10.5 Å². The standard InChI is InChI=1S/C25H22N4O2/c1-15-6-9-17(12-27-15)19-4-3-5-20-23(26)22-21(28-24(19)20)14-29(25(22)30)13-16-7-10-18(31-2)11-8-16/h3-12,14,30H,13,26H2,1-2H3. The summed E-state index contributed by atoms with van der Waals surface area (Å²) in [6, 6.07) is 17.7. The molecule has 3 N–H and O–H groups in total. The molecule has 0 spiro atoms. The Kier molecular flexibility index (Phi) is 4.47. The number of anilines is 1. The van der Waals surface area contributed by atoms with E-state index in [2.05, 4.69) is 4.98 Å². The van der Waals surface area contributed by atoms with E-state index in [1.807, 2.05) is 73.9 Å². The van der Waals surface area contributed by atoms with Crippen LogP contribution in [0.3, 0.4) is 0 Å². The molecule has 3 heterocycles. The van der Waals surface area contributed by atoms with Gasteiger partial charge in [-0.3, -0.25) is 4.98 Å². The van der Waals surface area contributed by atoms with Gasteiger partial charge in [-0.1, -0.05) is 36.4 Å². The largest absolute Gasteiger partial charge is 0.497 e. The maximum Gasteiger partial charge on any atom is 0.203 e. The first-order valence-corrected chi connectivity index (χ1v) is 10.0. The van der Waals surface area contributed by atoms with Crippen LogP contribution in [0.5, 0.6) is 11.6 Å². The third kappa shape index (κ3) is 3.22. The van der Waals surface area contributed by atoms with Gasteiger partial charge in [0.1, 0.15) is 5.75 Å². The van der Waals surface area contributed by atoms with Gasteiger partial charge in [0.15, 0.2) is 0 Å². The minimum absolute atomic E-state index is 0.111. The third-order valence-electron chi connectivity index (χ3n) is 5.59. The van der Waals surface area contributed by atoms with Crippen molar-refractivity contribution in [3.05, 3.63) is 78.2 Å². The lowest BCUT2D eigenvalue weighted by Crippen LogP contribution is -1.97. The SMILES string of the molecule is COc1ccc(Cn2cc3nc4c(-c5ccc(C)nc5)cccc4c(N)c3c2O)cc1. The van der Waals surface area contributed by atoms with Crippen molar-refractivity contribution in [2.75, 3.05) is 12.8 Å². The second-order valence-corrected chi connectivity index (χ2v) is 7.60. The number of pyridine rings is 2. The van der Waals surface area contributed by atoms with Crippen LogP contribution in [0.15, 0.2) is 67.0 Å². The Bertz CT molecular complexity index is 1400. The Balaban J connectivity index is 1.65. The van der Waals surface area contributed by atoms with Crippen LogP contribution in [0, 0.1) is 6.92 Å². The molecule has 0 aliphatic heterocycles. The van der Waals surface area contributed by atoms with Gasteiger partial charge in [0.2, 0.25) is 5.88 Å². The molecular formula is C25H22N4O2. The molecule has 0 saturated carbocycles. The first-order valence-electron chi connectivity index (χ1n) is 10.0. The summed E-state index contributed by atoms with van der Waals surface area (Å²) in [6.07, 6.45) is 3.69. The van der Waals surface area contributed by atoms with Gasteiger partial charge >= 0.3 is 0 Å². The highest BCUT2D eigenvalue weighted by molar-refractivity contribution is 6.12. The number of aromatic nitrogens is 3. The summed E-state index contributed by atoms with van der Waals surface area (Å²) in [5.74, 6) is 0.904. The smallest absolute Gasteiger partial charge is 0.203 e. The van der Waals surface area contributed by atoms with Gasteiger partial charge in [-0.2, -0.15) is 0 Å². The molecule has 6 nitrogen and oxygen atoms in total. The summed E-state index contributed by atoms with van der Waals surface area (Å²) in [6.45, 7) is 2.46. The fourth-order valence-corrected chi connectivity index (χ4v) is 3.92. The van der Waals surface area contributed by atoms with E-state index in [0.717, 1.165) is 39.0 Å². The van der Waals surface area contributed by atoms with Crippen molar-refractivity contribution in [3.63, 3.8) is 0 Å². The molecule has 0 atom stereocenters. The number of nitrogens with two attached hydrogens (primary N) is 1. The predicted octanol–water partition coefficient (Wildman–Crippen LogP) is 4.90. The van der Waals surface area contributed by atoms with Crippen molar-refractivity contribution in [1.82, 2.24) is 14.5 Å². The average Bonchev–Trinajstić information content (AvgIpc) is 3.10. The number of benzene rings is 2. The Morgan fingerprint density at radius 2 is 1.87 bits per heavy atom. The maximum absolute atomic E-state index is 10.9. The predicted molar refractivity (Wildman–Crippen MR) is 123 cm³/mol. The number of aromatic hydroxyl groups is 1. The zero-order valence-corrected chi connectivity index (χ0v) is 17.3. The molecule has 0 bridgehead atoms. The normalized spacial score (nSPS) is 11.3. The second kappa shape index (κ2) is 7.32. The van der Waals surface area contributed by atoms with Gasteiger partial charge in [0.05, 0.1) is 35.8 Å². The molecule has 31 heavy (non-hydrogen) atoms. The van der Waals surface area contributed by atoms with E-state index in [4.69, 9.17) is 15.5 Å². The molecule has 3 aromatic heterocycles. The van der Waals surface area contributed by atoms with Crippen molar-refractivity contribution in [2.24, 2.45) is 0 Å². The molecular weight excluding hydrogens is 388 g/mol. The van der Waals surface area contributed by atoms with Crippen molar-refractivity contribution in [1.29, 1.82) is 0 Å². The summed E-state index contributed by atoms with van der Waals surface area (Å²) in [5.41, 5.74) is 12.4. The summed E-state index contributed by atoms with van der Waals surface area (Å²) in [7, 11) is 1.64. The van der Waals surface area contributed by atoms with Crippen LogP contribution in [0.1, 0.15) is 11.3 Å². The Morgan fingerprint density at radius 3 is 2.58 bits per heavy atom. The van der Waals surface area contributed by atoms with Crippen LogP contribution in [0.25, 0.3) is 32.9 Å². The van der Waals surface area contributed by atoms with Gasteiger partial charge in [-0.05, 0) is 30.7 Å². The molecule has 0 fully saturated rings. The first-order chi connectivity index (χ1) is 15.0. The quantitative estimate of drug-likeness (QED) is 0.440. The van der Waals surface area contributed by atoms with Crippen LogP contribution in [-0.4, -0.2) is 26.8 Å². The average molecular weight is 410 g/mol. The maximum atomic E-state index is 10.9. The molecule has 0 unspecified atom stereocenters. The summed E-state index contributed by atoms with van der Waals surface area (Å²) >= 11 is 0. The molecule has 0 amide bonds. The van der Waals surface area contributed by atoms with E-state index < -0.39 is 0 Å². The van der Waals surface area contributed by atoms with E-state index >= 15 is 0 Å². The number of rotatable bonds is 4. The van der Waals surface area contributed by atoms with Gasteiger partial charge < -0.3 is 20.1 Å². The number of nitrogen functional groups attached to an aromatic ring is 1. The topological polar surface area (TPSA) is 86.2 Å². The molecule has 6 heteroatoms. The van der Waals surface area contributed by atoms with Gasteiger partial charge in [0.25, 0.3) is 0 Å². The zero-order valence-electron chi connectivity index (χ0n) is 17.3. The molecule has 0 aliphatic carbocycles. The minimum atomic E-state index is 0.111. The van der Waals surface area contributed by atoms with Crippen LogP contribution in [0.4, 0.5) is 5.69 Å². The van der Waals surface area contributed by atoms with Crippen LogP contribution >= 0.6 is 0 Å². The number of hydrogen-bond donors (Lipinski definition) is 2. The molecule has 0 aliphatic rings. The number of methoxy groups -OCH3 is 1. The van der Waals surface area contributed by atoms with Crippen molar-refractivity contribution in [3.8, 4) is 22.8 Å². The van der Waals surface area contributed by atoms with Crippen LogP contribution in [0.2, 0.25) is 0 Å². The number of nitrogens with zero attached hydrogens (tertiary/aromatic N) is 3. The Morgan fingerprint density at radius 1 is 1.06 bits per heavy atom. The lowest BCUT2D eigenvalue weighted by atomic mass is 10.0. The summed E-state index contributed by atoms with van der Waals surface area (Å²) in [5, 5.41) is 12.3. The molecule has 5 aromatic rings. The van der Waals surface area contributed by atoms with E-state index in [-0.39, 0.29) is 5.88 Å². The van der Waals surface area contributed by atoms with Crippen LogP contribution in [-0.2, 0) is 6.54 Å². The molecule has 0 radical (unpaired) electrons. The minimum Gasteiger partial charge on any atom is -0.497 e. The van der Waals surface area contributed by atoms with E-state index in [1.54, 1.807) is 11.7 Å². The first kappa shape index (κ1) is 18.9. The third-order valence-corrected chi connectivity index (χ3v) is 5.59. The van der Waals surface area contributed by atoms with E-state index in [1.165, 1.54) is 0 Å². The number of hydrogen-bond acceptors (Lipinski definition) is 5. The van der Waals surface area contributed by atoms with Gasteiger partial charge in [-0.25, -0.2) is 4.98 Å². The second-order valence-electron chi connectivity index (χ2n) is 7.60. The number of fused-ring (bicyclic) bond motifs is 2. The highest BCUT2D eigenvalue weighted by Gasteiger charge is 2.17. The van der Waals surface area contributed by atoms with E-state index in [9.17, 15) is 5.11 Å². The zero-order chi connectivity index (χ0) is 21.5.